The van der Waals surface area contributed by atoms with Crippen LogP contribution in [-0.4, -0.2) is 6.21 Å². The molecule has 0 saturated carbocycles. The third kappa shape index (κ3) is 0.889. The van der Waals surface area contributed by atoms with E-state index in [9.17, 15) is 0 Å². The molecule has 1 radical (unpaired) electrons. The molecule has 1 nitrogen and oxygen atoms in total. The van der Waals surface area contributed by atoms with E-state index in [1.165, 1.54) is 5.57 Å². The van der Waals surface area contributed by atoms with Crippen molar-refractivity contribution in [3.05, 3.63) is 17.7 Å². The molecule has 1 rings (SSSR count). The number of nitrogens with zero attached hydrogens (tertiary/aromatic N) is 1. The van der Waals surface area contributed by atoms with Gasteiger partial charge in [-0.05, 0) is 19.4 Å². The zero-order valence-corrected chi connectivity index (χ0v) is 4.60. The fraction of sp³-hybridized carbons (Fsp3) is 0.333. The van der Waals surface area contributed by atoms with E-state index in [1.54, 1.807) is 0 Å². The van der Waals surface area contributed by atoms with E-state index in [1.807, 2.05) is 20.1 Å². The quantitative estimate of drug-likeness (QED) is 0.432. The van der Waals surface area contributed by atoms with Gasteiger partial charge >= 0.3 is 0 Å². The fourth-order valence-electron chi connectivity index (χ4n) is 0.608. The lowest BCUT2D eigenvalue weighted by Crippen LogP contribution is -1.69. The Bertz CT molecular complexity index is 122. The minimum atomic E-state index is 1.11. The summed E-state index contributed by atoms with van der Waals surface area (Å²) < 4.78 is 0. The Morgan fingerprint density at radius 3 is 2.29 bits per heavy atom. The Labute approximate surface area is 43.8 Å². The minimum Gasteiger partial charge on any atom is -0.280 e. The van der Waals surface area contributed by atoms with Crippen LogP contribution in [0.4, 0.5) is 0 Å². The highest BCUT2D eigenvalue weighted by molar-refractivity contribution is 5.82. The Kier molecular flexibility index (Phi) is 0.970. The summed E-state index contributed by atoms with van der Waals surface area (Å²) in [6.07, 6.45) is 3.93. The summed E-state index contributed by atoms with van der Waals surface area (Å²) in [5, 5.41) is 0. The van der Waals surface area contributed by atoms with E-state index < -0.39 is 0 Å². The van der Waals surface area contributed by atoms with Crippen LogP contribution in [0, 0.1) is 6.04 Å². The average molecular weight is 94.1 g/mol. The van der Waals surface area contributed by atoms with Crippen LogP contribution in [0.15, 0.2) is 16.6 Å². The zero-order chi connectivity index (χ0) is 5.28. The predicted molar refractivity (Wildman–Crippen MR) is 31.2 cm³/mol. The Balaban J connectivity index is 2.69. The Morgan fingerprint density at radius 1 is 1.43 bits per heavy atom. The first kappa shape index (κ1) is 4.57. The van der Waals surface area contributed by atoms with E-state index in [0.717, 1.165) is 6.04 Å². The van der Waals surface area contributed by atoms with Gasteiger partial charge in [-0.15, -0.1) is 0 Å². The molecule has 0 aromatic rings. The van der Waals surface area contributed by atoms with Crippen molar-refractivity contribution in [1.29, 1.82) is 0 Å². The second-order valence-corrected chi connectivity index (χ2v) is 1.79. The minimum absolute atomic E-state index is 1.11. The van der Waals surface area contributed by atoms with Crippen molar-refractivity contribution in [3.8, 4) is 0 Å². The molecule has 0 aromatic heterocycles. The zero-order valence-electron chi connectivity index (χ0n) is 4.60. The van der Waals surface area contributed by atoms with E-state index in [0.29, 0.717) is 0 Å². The van der Waals surface area contributed by atoms with Gasteiger partial charge in [0.05, 0.1) is 0 Å². The van der Waals surface area contributed by atoms with E-state index in [4.69, 9.17) is 0 Å². The number of aliphatic imine (C=N–C) groups is 1. The van der Waals surface area contributed by atoms with Crippen molar-refractivity contribution in [2.75, 3.05) is 0 Å². The number of rotatable bonds is 0. The lowest BCUT2D eigenvalue weighted by molar-refractivity contribution is 1.17. The van der Waals surface area contributed by atoms with Crippen molar-refractivity contribution in [1.82, 2.24) is 0 Å². The van der Waals surface area contributed by atoms with E-state index in [2.05, 4.69) is 11.1 Å². The Morgan fingerprint density at radius 2 is 2.14 bits per heavy atom. The summed E-state index contributed by atoms with van der Waals surface area (Å²) in [5.74, 6) is 0. The van der Waals surface area contributed by atoms with Gasteiger partial charge in [-0.1, -0.05) is 6.08 Å². The van der Waals surface area contributed by atoms with Crippen LogP contribution in [0.1, 0.15) is 13.8 Å². The standard InChI is InChI=1S/C6H8N/c1-5-3-6(2)7-4-5/h3-4H,1-2H3. The van der Waals surface area contributed by atoms with Gasteiger partial charge in [0.2, 0.25) is 0 Å². The van der Waals surface area contributed by atoms with Crippen molar-refractivity contribution < 1.29 is 0 Å². The maximum atomic E-state index is 4.02. The third-order valence-corrected chi connectivity index (χ3v) is 0.908. The van der Waals surface area contributed by atoms with Gasteiger partial charge in [-0.3, -0.25) is 4.99 Å². The van der Waals surface area contributed by atoms with Gasteiger partial charge in [0.25, 0.3) is 0 Å². The van der Waals surface area contributed by atoms with Crippen LogP contribution in [0.25, 0.3) is 0 Å². The van der Waals surface area contributed by atoms with Crippen LogP contribution < -0.4 is 0 Å². The first-order chi connectivity index (χ1) is 3.29. The van der Waals surface area contributed by atoms with Crippen LogP contribution in [-0.2, 0) is 0 Å². The molecule has 0 N–H and O–H groups in total. The van der Waals surface area contributed by atoms with E-state index >= 15 is 0 Å². The molecular formula is C6H8N. The normalized spacial score (nSPS) is 20.6. The molecule has 0 aromatic carbocycles. The molecule has 0 spiro atoms. The molecule has 1 aliphatic rings. The number of allylic oxidation sites excluding steroid dienone is 1. The molecule has 0 aliphatic carbocycles. The van der Waals surface area contributed by atoms with Crippen LogP contribution in [0.5, 0.6) is 0 Å². The highest BCUT2D eigenvalue weighted by Gasteiger charge is 1.99. The third-order valence-electron chi connectivity index (χ3n) is 0.908. The molecule has 0 fully saturated rings. The maximum Gasteiger partial charge on any atom is 0.105 e. The van der Waals surface area contributed by atoms with Crippen LogP contribution >= 0.6 is 0 Å². The lowest BCUT2D eigenvalue weighted by Gasteiger charge is -1.83. The lowest BCUT2D eigenvalue weighted by atomic mass is 10.3. The summed E-state index contributed by atoms with van der Waals surface area (Å²) >= 11 is 0. The maximum absolute atomic E-state index is 4.02. The smallest absolute Gasteiger partial charge is 0.105 e. The van der Waals surface area contributed by atoms with Gasteiger partial charge in [0.15, 0.2) is 0 Å². The molecule has 1 heterocycles. The molecule has 0 amide bonds. The summed E-state index contributed by atoms with van der Waals surface area (Å²) in [4.78, 5) is 4.02. The van der Waals surface area contributed by atoms with Gasteiger partial charge in [-0.25, -0.2) is 0 Å². The molecular weight excluding hydrogens is 86.1 g/mol. The summed E-state index contributed by atoms with van der Waals surface area (Å²) in [5.41, 5.74) is 1.25. The molecule has 0 bridgehead atoms. The van der Waals surface area contributed by atoms with Crippen molar-refractivity contribution >= 4 is 6.21 Å². The second-order valence-electron chi connectivity index (χ2n) is 1.79. The Hall–Kier alpha value is -0.590. The van der Waals surface area contributed by atoms with Gasteiger partial charge in [-0.2, -0.15) is 0 Å². The molecule has 0 unspecified atom stereocenters. The van der Waals surface area contributed by atoms with Gasteiger partial charge in [0, 0.05) is 6.21 Å². The van der Waals surface area contributed by atoms with Crippen LogP contribution in [0.3, 0.4) is 0 Å². The second kappa shape index (κ2) is 1.49. The first-order valence-electron chi connectivity index (χ1n) is 2.35. The molecule has 1 heteroatoms. The molecule has 1 aliphatic heterocycles. The van der Waals surface area contributed by atoms with Crippen LogP contribution in [0.2, 0.25) is 0 Å². The molecule has 0 saturated heterocycles. The highest BCUT2D eigenvalue weighted by Crippen LogP contribution is 2.10. The highest BCUT2D eigenvalue weighted by atomic mass is 14.8. The topological polar surface area (TPSA) is 12.4 Å². The fourth-order valence-corrected chi connectivity index (χ4v) is 0.608. The molecule has 7 heavy (non-hydrogen) atoms. The molecule has 0 atom stereocenters. The monoisotopic (exact) mass is 94.1 g/mol. The van der Waals surface area contributed by atoms with Gasteiger partial charge in [0.1, 0.15) is 6.04 Å². The summed E-state index contributed by atoms with van der Waals surface area (Å²) in [7, 11) is 0. The largest absolute Gasteiger partial charge is 0.280 e. The average Bonchev–Trinajstić information content (AvgIpc) is 1.87. The number of hydrogen-bond acceptors (Lipinski definition) is 1. The van der Waals surface area contributed by atoms with Crippen molar-refractivity contribution in [2.24, 2.45) is 4.99 Å². The SMILES string of the molecule is C[C]1C=C(C)C=N1. The first-order valence-corrected chi connectivity index (χ1v) is 2.35. The van der Waals surface area contributed by atoms with Crippen molar-refractivity contribution in [3.63, 3.8) is 0 Å². The summed E-state index contributed by atoms with van der Waals surface area (Å²) in [6, 6.07) is 1.11. The predicted octanol–water partition coefficient (Wildman–Crippen LogP) is 1.57. The number of hydrogen-bond donors (Lipinski definition) is 0. The van der Waals surface area contributed by atoms with Gasteiger partial charge < -0.3 is 0 Å². The molecule has 37 valence electrons. The summed E-state index contributed by atoms with van der Waals surface area (Å²) in [6.45, 7) is 4.03. The van der Waals surface area contributed by atoms with E-state index in [-0.39, 0.29) is 0 Å². The van der Waals surface area contributed by atoms with Crippen molar-refractivity contribution in [2.45, 2.75) is 13.8 Å².